The van der Waals surface area contributed by atoms with Gasteiger partial charge in [0.15, 0.2) is 5.17 Å². The first-order valence-electron chi connectivity index (χ1n) is 8.97. The summed E-state index contributed by atoms with van der Waals surface area (Å²) in [6.45, 7) is 6.10. The van der Waals surface area contributed by atoms with Gasteiger partial charge in [0.25, 0.3) is 5.91 Å². The summed E-state index contributed by atoms with van der Waals surface area (Å²) in [5.41, 5.74) is 6.11. The third-order valence-electron chi connectivity index (χ3n) is 4.65. The minimum Gasteiger partial charge on any atom is -0.316 e. The predicted molar refractivity (Wildman–Crippen MR) is 115 cm³/mol. The Balaban J connectivity index is 1.65. The van der Waals surface area contributed by atoms with Crippen LogP contribution in [0.2, 0.25) is 0 Å². The van der Waals surface area contributed by atoms with Gasteiger partial charge in [-0.1, -0.05) is 18.2 Å². The van der Waals surface area contributed by atoms with E-state index in [1.165, 1.54) is 11.8 Å². The van der Waals surface area contributed by atoms with Crippen molar-refractivity contribution < 1.29 is 4.79 Å². The molecule has 0 saturated carbocycles. The summed E-state index contributed by atoms with van der Waals surface area (Å²) in [7, 11) is 0. The van der Waals surface area contributed by atoms with Crippen LogP contribution in [0, 0.1) is 20.8 Å². The van der Waals surface area contributed by atoms with Crippen molar-refractivity contribution in [3.8, 4) is 5.69 Å². The summed E-state index contributed by atoms with van der Waals surface area (Å²) in [4.78, 5) is 21.9. The molecule has 2 aromatic heterocycles. The van der Waals surface area contributed by atoms with E-state index in [0.717, 1.165) is 33.9 Å². The number of benzene rings is 1. The normalized spacial score (nSPS) is 16.8. The van der Waals surface area contributed by atoms with Gasteiger partial charge in [-0.2, -0.15) is 0 Å². The molecule has 140 valence electrons. The molecule has 1 aliphatic heterocycles. The smallest absolute Gasteiger partial charge is 0.264 e. The van der Waals surface area contributed by atoms with Crippen molar-refractivity contribution >= 4 is 34.6 Å². The van der Waals surface area contributed by atoms with Crippen molar-refractivity contribution in [3.63, 3.8) is 0 Å². The average Bonchev–Trinajstić information content (AvgIpc) is 3.16. The number of para-hydroxylation sites is 1. The number of rotatable bonds is 3. The molecule has 4 rings (SSSR count). The van der Waals surface area contributed by atoms with Gasteiger partial charge in [0.2, 0.25) is 0 Å². The molecule has 1 aromatic carbocycles. The monoisotopic (exact) mass is 388 g/mol. The number of nitrogens with one attached hydrogen (secondary N) is 1. The zero-order valence-corrected chi connectivity index (χ0v) is 16.7. The number of pyridine rings is 1. The third-order valence-corrected chi connectivity index (χ3v) is 5.56. The van der Waals surface area contributed by atoms with Gasteiger partial charge in [-0.05, 0) is 74.0 Å². The quantitative estimate of drug-likeness (QED) is 0.662. The van der Waals surface area contributed by atoms with Gasteiger partial charge in [-0.3, -0.25) is 9.78 Å². The van der Waals surface area contributed by atoms with Gasteiger partial charge in [-0.25, -0.2) is 4.99 Å². The molecule has 0 spiro atoms. The molecule has 0 radical (unpaired) electrons. The molecule has 28 heavy (non-hydrogen) atoms. The zero-order chi connectivity index (χ0) is 19.7. The Bertz CT molecular complexity index is 1110. The lowest BCUT2D eigenvalue weighted by Crippen LogP contribution is -2.19. The molecular weight excluding hydrogens is 368 g/mol. The Kier molecular flexibility index (Phi) is 4.88. The zero-order valence-electron chi connectivity index (χ0n) is 15.9. The second-order valence-electron chi connectivity index (χ2n) is 6.64. The number of aliphatic imine (C=N–C) groups is 1. The number of hydrogen-bond acceptors (Lipinski definition) is 4. The van der Waals surface area contributed by atoms with Crippen LogP contribution in [0.5, 0.6) is 0 Å². The third kappa shape index (κ3) is 3.51. The van der Waals surface area contributed by atoms with Crippen LogP contribution in [0.1, 0.15) is 22.5 Å². The van der Waals surface area contributed by atoms with Crippen molar-refractivity contribution in [2.45, 2.75) is 20.8 Å². The van der Waals surface area contributed by atoms with Gasteiger partial charge < -0.3 is 9.88 Å². The van der Waals surface area contributed by atoms with Crippen LogP contribution < -0.4 is 5.32 Å². The SMILES string of the molecule is Cc1ccccc1N=C1NC(=O)/C(=C/c2cc(C)n(-c3cccnc3)c2C)S1. The molecular formula is C22H20N4OS. The van der Waals surface area contributed by atoms with Crippen LogP contribution in [-0.4, -0.2) is 20.6 Å². The number of carbonyl (C=O) groups excluding carboxylic acids is 1. The lowest BCUT2D eigenvalue weighted by atomic mass is 10.2. The molecule has 1 amide bonds. The molecule has 3 aromatic rings. The maximum Gasteiger partial charge on any atom is 0.264 e. The maximum atomic E-state index is 12.4. The number of thioether (sulfide) groups is 1. The molecule has 5 nitrogen and oxygen atoms in total. The average molecular weight is 388 g/mol. The van der Waals surface area contributed by atoms with E-state index in [-0.39, 0.29) is 5.91 Å². The number of carbonyl (C=O) groups is 1. The summed E-state index contributed by atoms with van der Waals surface area (Å²) in [6.07, 6.45) is 5.52. The van der Waals surface area contributed by atoms with Crippen LogP contribution in [0.4, 0.5) is 5.69 Å². The Hall–Kier alpha value is -3.12. The first kappa shape index (κ1) is 18.3. The Morgan fingerprint density at radius 1 is 1.14 bits per heavy atom. The van der Waals surface area contributed by atoms with E-state index in [0.29, 0.717) is 10.1 Å². The molecule has 1 aliphatic rings. The molecule has 0 bridgehead atoms. The van der Waals surface area contributed by atoms with Crippen molar-refractivity contribution in [2.75, 3.05) is 0 Å². The summed E-state index contributed by atoms with van der Waals surface area (Å²) in [5.74, 6) is -0.122. The highest BCUT2D eigenvalue weighted by Crippen LogP contribution is 2.31. The molecule has 3 heterocycles. The first-order chi connectivity index (χ1) is 13.5. The van der Waals surface area contributed by atoms with Crippen molar-refractivity contribution in [1.29, 1.82) is 0 Å². The summed E-state index contributed by atoms with van der Waals surface area (Å²) in [5, 5.41) is 3.46. The van der Waals surface area contributed by atoms with E-state index in [1.807, 2.05) is 62.5 Å². The lowest BCUT2D eigenvalue weighted by molar-refractivity contribution is -0.115. The fourth-order valence-electron chi connectivity index (χ4n) is 3.24. The highest BCUT2D eigenvalue weighted by Gasteiger charge is 2.24. The van der Waals surface area contributed by atoms with Gasteiger partial charge in [0.05, 0.1) is 22.5 Å². The molecule has 0 atom stereocenters. The minimum absolute atomic E-state index is 0.122. The Morgan fingerprint density at radius 2 is 1.96 bits per heavy atom. The molecule has 1 saturated heterocycles. The van der Waals surface area contributed by atoms with E-state index >= 15 is 0 Å². The Labute approximate surface area is 168 Å². The van der Waals surface area contributed by atoms with Crippen molar-refractivity contribution in [3.05, 3.63) is 82.3 Å². The van der Waals surface area contributed by atoms with Crippen molar-refractivity contribution in [2.24, 2.45) is 4.99 Å². The number of hydrogen-bond donors (Lipinski definition) is 1. The number of nitrogens with zero attached hydrogens (tertiary/aromatic N) is 3. The topological polar surface area (TPSA) is 59.3 Å². The van der Waals surface area contributed by atoms with E-state index in [9.17, 15) is 4.79 Å². The summed E-state index contributed by atoms with van der Waals surface area (Å²) >= 11 is 1.37. The van der Waals surface area contributed by atoms with Gasteiger partial charge in [-0.15, -0.1) is 0 Å². The van der Waals surface area contributed by atoms with E-state index in [2.05, 4.69) is 32.9 Å². The first-order valence-corrected chi connectivity index (χ1v) is 9.79. The van der Waals surface area contributed by atoms with Gasteiger partial charge >= 0.3 is 0 Å². The van der Waals surface area contributed by atoms with E-state index in [4.69, 9.17) is 0 Å². The molecule has 1 fully saturated rings. The van der Waals surface area contributed by atoms with Crippen molar-refractivity contribution in [1.82, 2.24) is 14.9 Å². The summed E-state index contributed by atoms with van der Waals surface area (Å²) in [6, 6.07) is 13.9. The second kappa shape index (κ2) is 7.48. The lowest BCUT2D eigenvalue weighted by Gasteiger charge is -2.08. The largest absolute Gasteiger partial charge is 0.316 e. The highest BCUT2D eigenvalue weighted by molar-refractivity contribution is 8.18. The number of aromatic nitrogens is 2. The van der Waals surface area contributed by atoms with Crippen LogP contribution >= 0.6 is 11.8 Å². The highest BCUT2D eigenvalue weighted by atomic mass is 32.2. The second-order valence-corrected chi connectivity index (χ2v) is 7.67. The maximum absolute atomic E-state index is 12.4. The Morgan fingerprint density at radius 3 is 2.71 bits per heavy atom. The minimum atomic E-state index is -0.122. The van der Waals surface area contributed by atoms with Crippen LogP contribution in [0.15, 0.2) is 64.8 Å². The molecule has 0 unspecified atom stereocenters. The van der Waals surface area contributed by atoms with Gasteiger partial charge in [0.1, 0.15) is 0 Å². The van der Waals surface area contributed by atoms with E-state index in [1.54, 1.807) is 6.20 Å². The molecule has 0 aliphatic carbocycles. The summed E-state index contributed by atoms with van der Waals surface area (Å²) < 4.78 is 2.14. The van der Waals surface area contributed by atoms with E-state index < -0.39 is 0 Å². The van der Waals surface area contributed by atoms with Crippen LogP contribution in [0.25, 0.3) is 11.8 Å². The molecule has 1 N–H and O–H groups in total. The number of amidine groups is 1. The van der Waals surface area contributed by atoms with Gasteiger partial charge in [0, 0.05) is 17.6 Å². The fourth-order valence-corrected chi connectivity index (χ4v) is 4.06. The number of aryl methyl sites for hydroxylation is 2. The van der Waals surface area contributed by atoms with Crippen LogP contribution in [-0.2, 0) is 4.79 Å². The fraction of sp³-hybridized carbons (Fsp3) is 0.136. The number of amides is 1. The van der Waals surface area contributed by atoms with Crippen LogP contribution in [0.3, 0.4) is 0 Å². The molecule has 6 heteroatoms. The standard InChI is InChI=1S/C22H20N4OS/c1-14-7-4-5-9-19(14)24-22-25-21(27)20(28-22)12-17-11-15(2)26(16(17)3)18-8-6-10-23-13-18/h4-13H,1-3H3,(H,24,25,27)/b20-12-. The predicted octanol–water partition coefficient (Wildman–Crippen LogP) is 4.69.